The van der Waals surface area contributed by atoms with Crippen molar-refractivity contribution in [2.45, 2.75) is 27.7 Å². The van der Waals surface area contributed by atoms with Crippen LogP contribution in [0.25, 0.3) is 0 Å². The first-order chi connectivity index (χ1) is 8.82. The van der Waals surface area contributed by atoms with Gasteiger partial charge in [0, 0.05) is 26.7 Å². The Morgan fingerprint density at radius 2 is 1.79 bits per heavy atom. The Kier molecular flexibility index (Phi) is 5.63. The fourth-order valence-electron chi connectivity index (χ4n) is 2.49. The summed E-state index contributed by atoms with van der Waals surface area (Å²) in [7, 11) is 1.77. The van der Waals surface area contributed by atoms with Gasteiger partial charge < -0.3 is 15.1 Å². The summed E-state index contributed by atoms with van der Waals surface area (Å²) in [6, 6.07) is -0.118. The third-order valence-corrected chi connectivity index (χ3v) is 3.95. The van der Waals surface area contributed by atoms with E-state index in [-0.39, 0.29) is 18.5 Å². The minimum atomic E-state index is -0.118. The van der Waals surface area contributed by atoms with Crippen molar-refractivity contribution < 1.29 is 9.59 Å². The molecule has 5 heteroatoms. The van der Waals surface area contributed by atoms with E-state index in [9.17, 15) is 9.59 Å². The Bertz CT molecular complexity index is 321. The van der Waals surface area contributed by atoms with E-state index in [1.807, 2.05) is 0 Å². The van der Waals surface area contributed by atoms with Crippen LogP contribution < -0.4 is 5.32 Å². The second-order valence-electron chi connectivity index (χ2n) is 6.07. The lowest BCUT2D eigenvalue weighted by Gasteiger charge is -2.33. The van der Waals surface area contributed by atoms with E-state index in [1.165, 1.54) is 0 Å². The second-order valence-corrected chi connectivity index (χ2v) is 6.07. The standard InChI is InChI=1S/C14H27N3O2/c1-10(2)12(11(3)4)8-15-14(19)17-7-6-16(5)13(18)9-17/h10-12H,6-9H2,1-5H3,(H,15,19). The summed E-state index contributed by atoms with van der Waals surface area (Å²) >= 11 is 0. The molecule has 0 atom stereocenters. The van der Waals surface area contributed by atoms with E-state index in [4.69, 9.17) is 0 Å². The molecule has 0 aromatic carbocycles. The average Bonchev–Trinajstić information content (AvgIpc) is 2.31. The van der Waals surface area contributed by atoms with Gasteiger partial charge in [0.05, 0.1) is 0 Å². The minimum absolute atomic E-state index is 0.00525. The highest BCUT2D eigenvalue weighted by atomic mass is 16.2. The van der Waals surface area contributed by atoms with Crippen molar-refractivity contribution in [2.24, 2.45) is 17.8 Å². The zero-order valence-corrected chi connectivity index (χ0v) is 12.8. The highest BCUT2D eigenvalue weighted by Crippen LogP contribution is 2.19. The van der Waals surface area contributed by atoms with Gasteiger partial charge in [-0.2, -0.15) is 0 Å². The number of nitrogens with one attached hydrogen (secondary N) is 1. The number of amides is 3. The molecule has 5 nitrogen and oxygen atoms in total. The van der Waals surface area contributed by atoms with Gasteiger partial charge in [0.15, 0.2) is 0 Å². The highest BCUT2D eigenvalue weighted by molar-refractivity contribution is 5.85. The van der Waals surface area contributed by atoms with Crippen LogP contribution in [-0.4, -0.2) is 55.0 Å². The lowest BCUT2D eigenvalue weighted by atomic mass is 9.85. The first-order valence-electron chi connectivity index (χ1n) is 7.09. The van der Waals surface area contributed by atoms with Gasteiger partial charge in [-0.25, -0.2) is 4.79 Å². The fourth-order valence-corrected chi connectivity index (χ4v) is 2.49. The third-order valence-electron chi connectivity index (χ3n) is 3.95. The molecule has 1 rings (SSSR count). The minimum Gasteiger partial charge on any atom is -0.342 e. The van der Waals surface area contributed by atoms with Crippen molar-refractivity contribution in [1.29, 1.82) is 0 Å². The number of likely N-dealkylation sites (N-methyl/N-ethyl adjacent to an activating group) is 1. The average molecular weight is 269 g/mol. The third kappa shape index (κ3) is 4.40. The molecule has 3 amide bonds. The van der Waals surface area contributed by atoms with Crippen molar-refractivity contribution >= 4 is 11.9 Å². The van der Waals surface area contributed by atoms with Crippen LogP contribution in [-0.2, 0) is 4.79 Å². The molecule has 1 aliphatic heterocycles. The van der Waals surface area contributed by atoms with Crippen LogP contribution in [0.2, 0.25) is 0 Å². The number of hydrogen-bond acceptors (Lipinski definition) is 2. The number of nitrogens with zero attached hydrogens (tertiary/aromatic N) is 2. The van der Waals surface area contributed by atoms with Gasteiger partial charge in [-0.1, -0.05) is 27.7 Å². The summed E-state index contributed by atoms with van der Waals surface area (Å²) in [6.07, 6.45) is 0. The Labute approximate surface area is 116 Å². The Morgan fingerprint density at radius 1 is 1.21 bits per heavy atom. The van der Waals surface area contributed by atoms with E-state index < -0.39 is 0 Å². The number of carbonyl (C=O) groups excluding carboxylic acids is 2. The molecule has 0 unspecified atom stereocenters. The van der Waals surface area contributed by atoms with E-state index in [1.54, 1.807) is 16.8 Å². The summed E-state index contributed by atoms with van der Waals surface area (Å²) in [4.78, 5) is 26.9. The Morgan fingerprint density at radius 3 is 2.26 bits per heavy atom. The van der Waals surface area contributed by atoms with E-state index in [2.05, 4.69) is 33.0 Å². The lowest BCUT2D eigenvalue weighted by molar-refractivity contribution is -0.133. The Hall–Kier alpha value is -1.26. The van der Waals surface area contributed by atoms with Gasteiger partial charge in [0.2, 0.25) is 5.91 Å². The van der Waals surface area contributed by atoms with Gasteiger partial charge >= 0.3 is 6.03 Å². The maximum absolute atomic E-state index is 12.0. The van der Waals surface area contributed by atoms with Gasteiger partial charge in [-0.3, -0.25) is 4.79 Å². The number of piperazine rings is 1. The molecule has 0 aromatic rings. The summed E-state index contributed by atoms with van der Waals surface area (Å²) < 4.78 is 0. The molecule has 1 aliphatic rings. The van der Waals surface area contributed by atoms with Gasteiger partial charge in [0.25, 0.3) is 0 Å². The monoisotopic (exact) mass is 269 g/mol. The predicted octanol–water partition coefficient (Wildman–Crippen LogP) is 1.40. The largest absolute Gasteiger partial charge is 0.342 e. The number of urea groups is 1. The van der Waals surface area contributed by atoms with Gasteiger partial charge in [0.1, 0.15) is 6.54 Å². The zero-order valence-electron chi connectivity index (χ0n) is 12.8. The van der Waals surface area contributed by atoms with Crippen molar-refractivity contribution in [3.8, 4) is 0 Å². The molecule has 0 radical (unpaired) electrons. The molecule has 1 saturated heterocycles. The van der Waals surface area contributed by atoms with E-state index in [0.717, 1.165) is 0 Å². The molecule has 19 heavy (non-hydrogen) atoms. The number of hydrogen-bond donors (Lipinski definition) is 1. The molecule has 1 heterocycles. The summed E-state index contributed by atoms with van der Waals surface area (Å²) in [5.41, 5.74) is 0. The van der Waals surface area contributed by atoms with Crippen LogP contribution >= 0.6 is 0 Å². The first kappa shape index (κ1) is 15.8. The maximum Gasteiger partial charge on any atom is 0.317 e. The van der Waals surface area contributed by atoms with Crippen LogP contribution in [0.5, 0.6) is 0 Å². The highest BCUT2D eigenvalue weighted by Gasteiger charge is 2.25. The molecule has 0 aliphatic carbocycles. The second kappa shape index (κ2) is 6.78. The van der Waals surface area contributed by atoms with Gasteiger partial charge in [-0.15, -0.1) is 0 Å². The molecule has 0 spiro atoms. The van der Waals surface area contributed by atoms with Gasteiger partial charge in [-0.05, 0) is 17.8 Å². The van der Waals surface area contributed by atoms with Crippen molar-refractivity contribution in [3.05, 3.63) is 0 Å². The SMILES string of the molecule is CC(C)C(CNC(=O)N1CCN(C)C(=O)C1)C(C)C. The van der Waals surface area contributed by atoms with Crippen LogP contribution in [0.4, 0.5) is 4.79 Å². The summed E-state index contributed by atoms with van der Waals surface area (Å²) in [6.45, 7) is 10.8. The molecule has 0 saturated carbocycles. The van der Waals surface area contributed by atoms with Crippen LogP contribution in [0.3, 0.4) is 0 Å². The lowest BCUT2D eigenvalue weighted by Crippen LogP contribution is -2.54. The summed E-state index contributed by atoms with van der Waals surface area (Å²) in [5, 5.41) is 2.97. The first-order valence-corrected chi connectivity index (χ1v) is 7.09. The normalized spacial score (nSPS) is 16.7. The molecule has 0 aromatic heterocycles. The molecular weight excluding hydrogens is 242 g/mol. The number of carbonyl (C=O) groups is 2. The van der Waals surface area contributed by atoms with E-state index in [0.29, 0.717) is 37.4 Å². The van der Waals surface area contributed by atoms with Crippen LogP contribution in [0, 0.1) is 17.8 Å². The number of rotatable bonds is 4. The van der Waals surface area contributed by atoms with Crippen LogP contribution in [0.1, 0.15) is 27.7 Å². The van der Waals surface area contributed by atoms with Crippen LogP contribution in [0.15, 0.2) is 0 Å². The molecule has 1 fully saturated rings. The topological polar surface area (TPSA) is 52.7 Å². The van der Waals surface area contributed by atoms with Crippen molar-refractivity contribution in [1.82, 2.24) is 15.1 Å². The molecular formula is C14H27N3O2. The molecule has 110 valence electrons. The zero-order chi connectivity index (χ0) is 14.6. The maximum atomic E-state index is 12.0. The summed E-state index contributed by atoms with van der Waals surface area (Å²) in [5.74, 6) is 1.54. The molecule has 1 N–H and O–H groups in total. The van der Waals surface area contributed by atoms with E-state index >= 15 is 0 Å². The molecule has 0 bridgehead atoms. The predicted molar refractivity (Wildman–Crippen MR) is 75.8 cm³/mol. The Balaban J connectivity index is 2.45. The van der Waals surface area contributed by atoms with Crippen molar-refractivity contribution in [2.75, 3.05) is 33.2 Å². The fraction of sp³-hybridized carbons (Fsp3) is 0.857. The van der Waals surface area contributed by atoms with Crippen molar-refractivity contribution in [3.63, 3.8) is 0 Å². The smallest absolute Gasteiger partial charge is 0.317 e. The quantitative estimate of drug-likeness (QED) is 0.838.